The standard InChI is InChI=1S/C20H21BrN4O2/c1-4-24(18-9-7-15(21)12-22-18)20(27)16-8-10-19(26)25(23-16)17-11-13(2)5-6-14(17)3/h5-7,9,11-12H,4,8,10H2,1-3H3. The lowest BCUT2D eigenvalue weighted by Crippen LogP contribution is -2.42. The molecule has 7 heteroatoms. The first-order chi connectivity index (χ1) is 12.9. The fourth-order valence-electron chi connectivity index (χ4n) is 2.94. The van der Waals surface area contributed by atoms with E-state index in [1.807, 2.05) is 45.0 Å². The van der Waals surface area contributed by atoms with E-state index in [0.29, 0.717) is 24.5 Å². The number of rotatable bonds is 4. The number of benzene rings is 1. The smallest absolute Gasteiger partial charge is 0.275 e. The third kappa shape index (κ3) is 4.08. The van der Waals surface area contributed by atoms with Gasteiger partial charge in [-0.15, -0.1) is 0 Å². The molecule has 1 aliphatic rings. The Morgan fingerprint density at radius 1 is 1.22 bits per heavy atom. The summed E-state index contributed by atoms with van der Waals surface area (Å²) in [5.41, 5.74) is 3.05. The van der Waals surface area contributed by atoms with Gasteiger partial charge in [0.05, 0.1) is 5.69 Å². The zero-order valence-electron chi connectivity index (χ0n) is 15.6. The molecule has 140 valence electrons. The van der Waals surface area contributed by atoms with Crippen LogP contribution in [-0.2, 0) is 9.59 Å². The monoisotopic (exact) mass is 428 g/mol. The lowest BCUT2D eigenvalue weighted by Gasteiger charge is -2.27. The number of aryl methyl sites for hydroxylation is 2. The van der Waals surface area contributed by atoms with Crippen LogP contribution in [0.15, 0.2) is 46.1 Å². The molecule has 2 aromatic rings. The van der Waals surface area contributed by atoms with E-state index in [-0.39, 0.29) is 18.2 Å². The Morgan fingerprint density at radius 2 is 2.00 bits per heavy atom. The molecule has 0 saturated heterocycles. The summed E-state index contributed by atoms with van der Waals surface area (Å²) < 4.78 is 0.844. The Hall–Kier alpha value is -2.54. The Bertz CT molecular complexity index is 909. The number of amides is 2. The number of aromatic nitrogens is 1. The molecule has 0 atom stereocenters. The Kier molecular flexibility index (Phi) is 5.70. The lowest BCUT2D eigenvalue weighted by molar-refractivity contribution is -0.118. The maximum atomic E-state index is 13.1. The summed E-state index contributed by atoms with van der Waals surface area (Å²) in [6.45, 7) is 6.24. The molecule has 1 aromatic heterocycles. The highest BCUT2D eigenvalue weighted by Gasteiger charge is 2.29. The molecule has 6 nitrogen and oxygen atoms in total. The van der Waals surface area contributed by atoms with Crippen LogP contribution in [0.2, 0.25) is 0 Å². The van der Waals surface area contributed by atoms with Gasteiger partial charge in [-0.05, 0) is 66.0 Å². The summed E-state index contributed by atoms with van der Waals surface area (Å²) in [6.07, 6.45) is 2.23. The number of hydrogen-bond acceptors (Lipinski definition) is 4. The minimum Gasteiger partial charge on any atom is -0.292 e. The average Bonchev–Trinajstić information content (AvgIpc) is 2.66. The second-order valence-corrected chi connectivity index (χ2v) is 7.34. The number of anilines is 2. The van der Waals surface area contributed by atoms with Gasteiger partial charge in [-0.2, -0.15) is 5.10 Å². The van der Waals surface area contributed by atoms with Crippen molar-refractivity contribution in [2.45, 2.75) is 33.6 Å². The average molecular weight is 429 g/mol. The fourth-order valence-corrected chi connectivity index (χ4v) is 3.17. The van der Waals surface area contributed by atoms with Crippen molar-refractivity contribution in [1.29, 1.82) is 0 Å². The predicted molar refractivity (Wildman–Crippen MR) is 110 cm³/mol. The fraction of sp³-hybridized carbons (Fsp3) is 0.300. The number of halogens is 1. The second kappa shape index (κ2) is 8.00. The number of hydrogen-bond donors (Lipinski definition) is 0. The molecule has 1 aromatic carbocycles. The Morgan fingerprint density at radius 3 is 2.67 bits per heavy atom. The molecule has 2 amide bonds. The van der Waals surface area contributed by atoms with Crippen LogP contribution in [0.25, 0.3) is 0 Å². The van der Waals surface area contributed by atoms with Gasteiger partial charge in [-0.3, -0.25) is 14.5 Å². The van der Waals surface area contributed by atoms with Crippen LogP contribution < -0.4 is 9.91 Å². The van der Waals surface area contributed by atoms with E-state index >= 15 is 0 Å². The van der Waals surface area contributed by atoms with Gasteiger partial charge in [-0.25, -0.2) is 9.99 Å². The van der Waals surface area contributed by atoms with Crippen molar-refractivity contribution < 1.29 is 9.59 Å². The molecule has 0 aliphatic carbocycles. The molecule has 1 aliphatic heterocycles. The van der Waals surface area contributed by atoms with Gasteiger partial charge in [0.1, 0.15) is 11.5 Å². The van der Waals surface area contributed by atoms with Crippen LogP contribution in [0.3, 0.4) is 0 Å². The number of pyridine rings is 1. The van der Waals surface area contributed by atoms with Crippen molar-refractivity contribution >= 4 is 45.0 Å². The molecule has 3 rings (SSSR count). The van der Waals surface area contributed by atoms with E-state index in [0.717, 1.165) is 21.3 Å². The van der Waals surface area contributed by atoms with Gasteiger partial charge in [-0.1, -0.05) is 12.1 Å². The summed E-state index contributed by atoms with van der Waals surface area (Å²) in [7, 11) is 0. The van der Waals surface area contributed by atoms with Crippen molar-refractivity contribution in [3.8, 4) is 0 Å². The van der Waals surface area contributed by atoms with Crippen molar-refractivity contribution in [1.82, 2.24) is 4.98 Å². The largest absolute Gasteiger partial charge is 0.292 e. The van der Waals surface area contributed by atoms with E-state index in [1.54, 1.807) is 17.2 Å². The molecule has 0 spiro atoms. The molecule has 0 bridgehead atoms. The Labute approximate surface area is 167 Å². The van der Waals surface area contributed by atoms with E-state index in [4.69, 9.17) is 0 Å². The van der Waals surface area contributed by atoms with Crippen molar-refractivity contribution in [2.24, 2.45) is 5.10 Å². The highest BCUT2D eigenvalue weighted by atomic mass is 79.9. The van der Waals surface area contributed by atoms with Gasteiger partial charge in [0, 0.05) is 30.1 Å². The molecule has 0 unspecified atom stereocenters. The summed E-state index contributed by atoms with van der Waals surface area (Å²) in [6, 6.07) is 9.47. The summed E-state index contributed by atoms with van der Waals surface area (Å²) in [4.78, 5) is 31.4. The van der Waals surface area contributed by atoms with Crippen LogP contribution in [-0.4, -0.2) is 29.1 Å². The number of nitrogens with zero attached hydrogens (tertiary/aromatic N) is 4. The molecular weight excluding hydrogens is 408 g/mol. The van der Waals surface area contributed by atoms with Gasteiger partial charge < -0.3 is 0 Å². The third-order valence-electron chi connectivity index (χ3n) is 4.42. The molecule has 27 heavy (non-hydrogen) atoms. The van der Waals surface area contributed by atoms with E-state index in [1.165, 1.54) is 5.01 Å². The Balaban J connectivity index is 1.94. The highest BCUT2D eigenvalue weighted by molar-refractivity contribution is 9.10. The van der Waals surface area contributed by atoms with Crippen LogP contribution in [0.1, 0.15) is 30.9 Å². The summed E-state index contributed by atoms with van der Waals surface area (Å²) >= 11 is 3.35. The molecule has 0 radical (unpaired) electrons. The van der Waals surface area contributed by atoms with Crippen LogP contribution in [0, 0.1) is 13.8 Å². The van der Waals surface area contributed by atoms with Crippen LogP contribution in [0.5, 0.6) is 0 Å². The first-order valence-electron chi connectivity index (χ1n) is 8.81. The van der Waals surface area contributed by atoms with E-state index < -0.39 is 0 Å². The molecule has 0 fully saturated rings. The predicted octanol–water partition coefficient (Wildman–Crippen LogP) is 4.00. The lowest BCUT2D eigenvalue weighted by atomic mass is 10.1. The van der Waals surface area contributed by atoms with Crippen molar-refractivity contribution in [2.75, 3.05) is 16.5 Å². The van der Waals surface area contributed by atoms with Crippen LogP contribution in [0.4, 0.5) is 11.5 Å². The second-order valence-electron chi connectivity index (χ2n) is 6.43. The molecule has 2 heterocycles. The molecular formula is C20H21BrN4O2. The first kappa shape index (κ1) is 19.2. The molecule has 0 N–H and O–H groups in total. The maximum absolute atomic E-state index is 13.1. The first-order valence-corrected chi connectivity index (χ1v) is 9.61. The minimum atomic E-state index is -0.227. The van der Waals surface area contributed by atoms with Gasteiger partial charge in [0.2, 0.25) is 5.91 Å². The number of carbonyl (C=O) groups excluding carboxylic acids is 2. The summed E-state index contributed by atoms with van der Waals surface area (Å²) in [5, 5.41) is 5.78. The van der Waals surface area contributed by atoms with E-state index in [9.17, 15) is 9.59 Å². The van der Waals surface area contributed by atoms with Crippen molar-refractivity contribution in [3.63, 3.8) is 0 Å². The van der Waals surface area contributed by atoms with Crippen molar-refractivity contribution in [3.05, 3.63) is 52.1 Å². The van der Waals surface area contributed by atoms with E-state index in [2.05, 4.69) is 26.0 Å². The SMILES string of the molecule is CCN(C(=O)C1=NN(c2cc(C)ccc2C)C(=O)CC1)c1ccc(Br)cn1. The third-order valence-corrected chi connectivity index (χ3v) is 4.89. The van der Waals surface area contributed by atoms with Gasteiger partial charge >= 0.3 is 0 Å². The normalized spacial score (nSPS) is 14.1. The zero-order chi connectivity index (χ0) is 19.6. The van der Waals surface area contributed by atoms with Crippen LogP contribution >= 0.6 is 15.9 Å². The maximum Gasteiger partial charge on any atom is 0.275 e. The van der Waals surface area contributed by atoms with Gasteiger partial charge in [0.25, 0.3) is 5.91 Å². The quantitative estimate of drug-likeness (QED) is 0.738. The minimum absolute atomic E-state index is 0.106. The topological polar surface area (TPSA) is 65.9 Å². The summed E-state index contributed by atoms with van der Waals surface area (Å²) in [5.74, 6) is 0.226. The zero-order valence-corrected chi connectivity index (χ0v) is 17.2. The number of hydrazone groups is 1. The van der Waals surface area contributed by atoms with Gasteiger partial charge in [0.15, 0.2) is 0 Å². The number of carbonyl (C=O) groups is 2. The molecule has 0 saturated carbocycles. The highest BCUT2D eigenvalue weighted by Crippen LogP contribution is 2.26.